The second-order valence-corrected chi connectivity index (χ2v) is 2.57. The molecule has 54 valence electrons. The molecular formula is C5H9IO3. The van der Waals surface area contributed by atoms with Gasteiger partial charge in [0.2, 0.25) is 0 Å². The van der Waals surface area contributed by atoms with Crippen LogP contribution < -0.4 is 0 Å². The fourth-order valence-electron chi connectivity index (χ4n) is 0.359. The van der Waals surface area contributed by atoms with Gasteiger partial charge in [0.1, 0.15) is 6.29 Å². The van der Waals surface area contributed by atoms with Crippen LogP contribution in [0.1, 0.15) is 6.42 Å². The van der Waals surface area contributed by atoms with Crippen LogP contribution in [0.2, 0.25) is 0 Å². The largest absolute Gasteiger partial charge is 0.390 e. The lowest BCUT2D eigenvalue weighted by atomic mass is 10.2. The molecule has 0 saturated heterocycles. The zero-order chi connectivity index (χ0) is 7.28. The quantitative estimate of drug-likeness (QED) is 0.406. The third-order valence-electron chi connectivity index (χ3n) is 0.940. The van der Waals surface area contributed by atoms with Crippen LogP contribution in [0.4, 0.5) is 0 Å². The molecule has 0 unspecified atom stereocenters. The first kappa shape index (κ1) is 9.32. The van der Waals surface area contributed by atoms with E-state index in [1.807, 2.05) is 22.6 Å². The van der Waals surface area contributed by atoms with Crippen molar-refractivity contribution >= 4 is 28.9 Å². The second kappa shape index (κ2) is 5.13. The molecule has 2 N–H and O–H groups in total. The number of rotatable bonds is 4. The number of carbonyl (C=O) groups excluding carboxylic acids is 1. The van der Waals surface area contributed by atoms with Gasteiger partial charge in [-0.2, -0.15) is 0 Å². The maximum atomic E-state index is 9.76. The van der Waals surface area contributed by atoms with Crippen molar-refractivity contribution in [1.82, 2.24) is 0 Å². The van der Waals surface area contributed by atoms with Gasteiger partial charge in [0.25, 0.3) is 0 Å². The van der Waals surface area contributed by atoms with Crippen LogP contribution in [0, 0.1) is 0 Å². The molecule has 0 heterocycles. The summed E-state index contributed by atoms with van der Waals surface area (Å²) >= 11 is 1.94. The van der Waals surface area contributed by atoms with Crippen LogP contribution in [0.5, 0.6) is 0 Å². The minimum atomic E-state index is -0.889. The SMILES string of the molecule is O=CC[C@H](O)[C@H](O)CI. The van der Waals surface area contributed by atoms with Crippen LogP contribution in [-0.4, -0.2) is 33.1 Å². The lowest BCUT2D eigenvalue weighted by Gasteiger charge is -2.11. The van der Waals surface area contributed by atoms with Crippen LogP contribution in [0.25, 0.3) is 0 Å². The van der Waals surface area contributed by atoms with Gasteiger partial charge in [0.15, 0.2) is 0 Å². The van der Waals surface area contributed by atoms with Crippen molar-refractivity contribution in [2.24, 2.45) is 0 Å². The Morgan fingerprint density at radius 2 is 2.00 bits per heavy atom. The molecule has 0 rings (SSSR count). The van der Waals surface area contributed by atoms with Crippen LogP contribution in [0.15, 0.2) is 0 Å². The van der Waals surface area contributed by atoms with Gasteiger partial charge in [-0.3, -0.25) is 0 Å². The predicted octanol–water partition coefficient (Wildman–Crippen LogP) is -0.268. The summed E-state index contributed by atoms with van der Waals surface area (Å²) in [5.74, 6) is 0. The zero-order valence-electron chi connectivity index (χ0n) is 4.83. The summed E-state index contributed by atoms with van der Waals surface area (Å²) in [6.07, 6.45) is -1.04. The second-order valence-electron chi connectivity index (χ2n) is 1.69. The van der Waals surface area contributed by atoms with Crippen molar-refractivity contribution in [2.45, 2.75) is 18.6 Å². The Bertz CT molecular complexity index is 86.3. The van der Waals surface area contributed by atoms with Crippen molar-refractivity contribution in [2.75, 3.05) is 4.43 Å². The van der Waals surface area contributed by atoms with Crippen LogP contribution in [-0.2, 0) is 4.79 Å². The average Bonchev–Trinajstić information content (AvgIpc) is 1.87. The van der Waals surface area contributed by atoms with Gasteiger partial charge in [-0.25, -0.2) is 0 Å². The molecular weight excluding hydrogens is 235 g/mol. The molecule has 3 nitrogen and oxygen atoms in total. The number of halogens is 1. The molecule has 0 aromatic carbocycles. The van der Waals surface area contributed by atoms with E-state index >= 15 is 0 Å². The molecule has 0 aliphatic heterocycles. The lowest BCUT2D eigenvalue weighted by molar-refractivity contribution is -0.110. The summed E-state index contributed by atoms with van der Waals surface area (Å²) in [6.45, 7) is 0. The predicted molar refractivity (Wildman–Crippen MR) is 41.6 cm³/mol. The van der Waals surface area contributed by atoms with E-state index in [1.54, 1.807) is 0 Å². The molecule has 0 amide bonds. The highest BCUT2D eigenvalue weighted by molar-refractivity contribution is 14.1. The first-order valence-corrected chi connectivity index (χ1v) is 4.10. The summed E-state index contributed by atoms with van der Waals surface area (Å²) in [5, 5.41) is 17.7. The highest BCUT2D eigenvalue weighted by Crippen LogP contribution is 1.99. The van der Waals surface area contributed by atoms with E-state index in [0.717, 1.165) is 0 Å². The van der Waals surface area contributed by atoms with Crippen molar-refractivity contribution in [1.29, 1.82) is 0 Å². The smallest absolute Gasteiger partial charge is 0.122 e. The molecule has 0 fully saturated rings. The topological polar surface area (TPSA) is 57.5 Å². The van der Waals surface area contributed by atoms with Gasteiger partial charge in [-0.1, -0.05) is 22.6 Å². The fourth-order valence-corrected chi connectivity index (χ4v) is 0.946. The van der Waals surface area contributed by atoms with Crippen molar-refractivity contribution in [3.05, 3.63) is 0 Å². The molecule has 0 bridgehead atoms. The Balaban J connectivity index is 3.44. The van der Waals surface area contributed by atoms with Crippen molar-refractivity contribution < 1.29 is 15.0 Å². The molecule has 0 spiro atoms. The van der Waals surface area contributed by atoms with E-state index in [4.69, 9.17) is 10.2 Å². The Morgan fingerprint density at radius 3 is 2.33 bits per heavy atom. The summed E-state index contributed by atoms with van der Waals surface area (Å²) in [7, 11) is 0. The summed E-state index contributed by atoms with van der Waals surface area (Å²) in [6, 6.07) is 0. The summed E-state index contributed by atoms with van der Waals surface area (Å²) in [4.78, 5) is 9.76. The Kier molecular flexibility index (Phi) is 5.31. The highest BCUT2D eigenvalue weighted by atomic mass is 127. The molecule has 4 heteroatoms. The van der Waals surface area contributed by atoms with Gasteiger partial charge in [-0.05, 0) is 0 Å². The number of aliphatic hydroxyl groups excluding tert-OH is 2. The first-order chi connectivity index (χ1) is 4.22. The van der Waals surface area contributed by atoms with Gasteiger partial charge in [-0.15, -0.1) is 0 Å². The van der Waals surface area contributed by atoms with Gasteiger partial charge >= 0.3 is 0 Å². The Morgan fingerprint density at radius 1 is 1.44 bits per heavy atom. The monoisotopic (exact) mass is 244 g/mol. The van der Waals surface area contributed by atoms with E-state index in [-0.39, 0.29) is 6.42 Å². The third-order valence-corrected chi connectivity index (χ3v) is 1.84. The minimum absolute atomic E-state index is 0.0180. The number of aldehydes is 1. The van der Waals surface area contributed by atoms with E-state index in [9.17, 15) is 4.79 Å². The maximum Gasteiger partial charge on any atom is 0.122 e. The molecule has 0 radical (unpaired) electrons. The molecule has 0 saturated carbocycles. The van der Waals surface area contributed by atoms with E-state index in [2.05, 4.69) is 0 Å². The molecule has 2 atom stereocenters. The van der Waals surface area contributed by atoms with Gasteiger partial charge < -0.3 is 15.0 Å². The zero-order valence-corrected chi connectivity index (χ0v) is 6.98. The number of hydrogen-bond donors (Lipinski definition) is 2. The van der Waals surface area contributed by atoms with Gasteiger partial charge in [0, 0.05) is 10.8 Å². The van der Waals surface area contributed by atoms with E-state index in [0.29, 0.717) is 10.7 Å². The third kappa shape index (κ3) is 3.83. The van der Waals surface area contributed by atoms with E-state index < -0.39 is 12.2 Å². The van der Waals surface area contributed by atoms with E-state index in [1.165, 1.54) is 0 Å². The van der Waals surface area contributed by atoms with Crippen LogP contribution in [0.3, 0.4) is 0 Å². The molecule has 0 aliphatic carbocycles. The first-order valence-electron chi connectivity index (χ1n) is 2.58. The average molecular weight is 244 g/mol. The number of carbonyl (C=O) groups is 1. The number of alkyl halides is 1. The molecule has 9 heavy (non-hydrogen) atoms. The molecule has 0 aromatic rings. The van der Waals surface area contributed by atoms with Gasteiger partial charge in [0.05, 0.1) is 12.2 Å². The normalized spacial score (nSPS) is 16.8. The standard InChI is InChI=1S/C5H9IO3/c6-3-5(9)4(8)1-2-7/h2,4-5,8-9H,1,3H2/t4-,5+/m0/s1. The summed E-state index contributed by atoms with van der Waals surface area (Å²) in [5.41, 5.74) is 0. The number of hydrogen-bond acceptors (Lipinski definition) is 3. The van der Waals surface area contributed by atoms with Crippen molar-refractivity contribution in [3.8, 4) is 0 Å². The fraction of sp³-hybridized carbons (Fsp3) is 0.800. The Hall–Kier alpha value is 0.320. The Labute approximate surface area is 67.2 Å². The maximum absolute atomic E-state index is 9.76. The molecule has 0 aromatic heterocycles. The van der Waals surface area contributed by atoms with Crippen molar-refractivity contribution in [3.63, 3.8) is 0 Å². The highest BCUT2D eigenvalue weighted by Gasteiger charge is 2.12. The van der Waals surface area contributed by atoms with Crippen LogP contribution >= 0.6 is 22.6 Å². The molecule has 0 aliphatic rings. The minimum Gasteiger partial charge on any atom is -0.390 e. The summed E-state index contributed by atoms with van der Waals surface area (Å²) < 4.78 is 0.451. The number of aliphatic hydroxyl groups is 2. The lowest BCUT2D eigenvalue weighted by Crippen LogP contribution is -2.27.